The first kappa shape index (κ1) is 21.9. The summed E-state index contributed by atoms with van der Waals surface area (Å²) in [6.07, 6.45) is 5.97. The molecule has 1 aliphatic rings. The van der Waals surface area contributed by atoms with Crippen molar-refractivity contribution in [2.75, 3.05) is 6.61 Å². The minimum atomic E-state index is -0.348. The highest BCUT2D eigenvalue weighted by atomic mass is 16.5. The molecule has 4 rings (SSSR count). The highest BCUT2D eigenvalue weighted by molar-refractivity contribution is 5.67. The first-order valence-corrected chi connectivity index (χ1v) is 11.3. The second-order valence-corrected chi connectivity index (χ2v) is 8.19. The van der Waals surface area contributed by atoms with Crippen LogP contribution in [0.3, 0.4) is 0 Å². The maximum absolute atomic E-state index is 12.1. The summed E-state index contributed by atoms with van der Waals surface area (Å²) in [7, 11) is 0. The number of amides is 1. The first-order valence-electron chi connectivity index (χ1n) is 11.3. The molecule has 0 unspecified atom stereocenters. The molecule has 0 aliphatic heterocycles. The SMILES string of the molecule is Cc1oc(-c2ccccc2)nc1CCOc1cccc(COC(=O)NC2CCCCC2)c1. The van der Waals surface area contributed by atoms with Gasteiger partial charge in [0, 0.05) is 18.0 Å². The van der Waals surface area contributed by atoms with E-state index in [0.717, 1.165) is 41.2 Å². The molecule has 0 spiro atoms. The Balaban J connectivity index is 1.24. The lowest BCUT2D eigenvalue weighted by atomic mass is 9.96. The van der Waals surface area contributed by atoms with E-state index >= 15 is 0 Å². The number of nitrogens with zero attached hydrogens (tertiary/aromatic N) is 1. The number of carbonyl (C=O) groups excluding carboxylic acids is 1. The van der Waals surface area contributed by atoms with Crippen LogP contribution in [-0.4, -0.2) is 23.7 Å². The van der Waals surface area contributed by atoms with Gasteiger partial charge in [0.15, 0.2) is 0 Å². The summed E-state index contributed by atoms with van der Waals surface area (Å²) in [6, 6.07) is 17.7. The monoisotopic (exact) mass is 434 g/mol. The number of alkyl carbamates (subject to hydrolysis) is 1. The largest absolute Gasteiger partial charge is 0.493 e. The molecule has 1 aromatic heterocycles. The molecule has 2 aromatic carbocycles. The number of hydrogen-bond acceptors (Lipinski definition) is 5. The number of hydrogen-bond donors (Lipinski definition) is 1. The highest BCUT2D eigenvalue weighted by Gasteiger charge is 2.16. The number of aryl methyl sites for hydroxylation is 1. The summed E-state index contributed by atoms with van der Waals surface area (Å²) in [5.41, 5.74) is 2.75. The Morgan fingerprint density at radius 1 is 1.09 bits per heavy atom. The quantitative estimate of drug-likeness (QED) is 0.483. The number of aromatic nitrogens is 1. The van der Waals surface area contributed by atoms with Crippen molar-refractivity contribution in [3.05, 3.63) is 71.6 Å². The highest BCUT2D eigenvalue weighted by Crippen LogP contribution is 2.22. The Hall–Kier alpha value is -3.28. The van der Waals surface area contributed by atoms with E-state index in [4.69, 9.17) is 13.9 Å². The molecule has 0 bridgehead atoms. The Morgan fingerprint density at radius 3 is 2.72 bits per heavy atom. The number of nitrogens with one attached hydrogen (secondary N) is 1. The lowest BCUT2D eigenvalue weighted by Crippen LogP contribution is -2.36. The zero-order valence-electron chi connectivity index (χ0n) is 18.5. The molecule has 1 aliphatic carbocycles. The van der Waals surface area contributed by atoms with Gasteiger partial charge in [-0.3, -0.25) is 0 Å². The van der Waals surface area contributed by atoms with Gasteiger partial charge in [0.2, 0.25) is 5.89 Å². The van der Waals surface area contributed by atoms with Crippen LogP contribution in [-0.2, 0) is 17.8 Å². The third kappa shape index (κ3) is 6.13. The van der Waals surface area contributed by atoms with Crippen molar-refractivity contribution in [3.63, 3.8) is 0 Å². The zero-order chi connectivity index (χ0) is 22.2. The smallest absolute Gasteiger partial charge is 0.407 e. The predicted molar refractivity (Wildman–Crippen MR) is 123 cm³/mol. The van der Waals surface area contributed by atoms with Gasteiger partial charge < -0.3 is 19.2 Å². The van der Waals surface area contributed by atoms with Crippen LogP contribution in [0.4, 0.5) is 4.79 Å². The molecule has 0 atom stereocenters. The van der Waals surface area contributed by atoms with E-state index in [2.05, 4.69) is 10.3 Å². The van der Waals surface area contributed by atoms with Gasteiger partial charge in [-0.25, -0.2) is 9.78 Å². The van der Waals surface area contributed by atoms with E-state index in [1.807, 2.05) is 61.5 Å². The Morgan fingerprint density at radius 2 is 1.91 bits per heavy atom. The summed E-state index contributed by atoms with van der Waals surface area (Å²) >= 11 is 0. The molecular formula is C26H30N2O4. The third-order valence-corrected chi connectivity index (χ3v) is 5.72. The molecule has 3 aromatic rings. The van der Waals surface area contributed by atoms with E-state index in [1.165, 1.54) is 19.3 Å². The van der Waals surface area contributed by atoms with E-state index in [1.54, 1.807) is 0 Å². The van der Waals surface area contributed by atoms with Crippen molar-refractivity contribution < 1.29 is 18.7 Å². The third-order valence-electron chi connectivity index (χ3n) is 5.72. The van der Waals surface area contributed by atoms with Gasteiger partial charge in [0.25, 0.3) is 0 Å². The van der Waals surface area contributed by atoms with Crippen LogP contribution in [0.1, 0.15) is 49.1 Å². The second kappa shape index (κ2) is 10.8. The molecule has 1 fully saturated rings. The summed E-state index contributed by atoms with van der Waals surface area (Å²) in [4.78, 5) is 16.7. The van der Waals surface area contributed by atoms with Gasteiger partial charge >= 0.3 is 6.09 Å². The fourth-order valence-electron chi connectivity index (χ4n) is 3.96. The number of oxazole rings is 1. The average molecular weight is 435 g/mol. The van der Waals surface area contributed by atoms with Gasteiger partial charge in [0.05, 0.1) is 12.3 Å². The van der Waals surface area contributed by atoms with Gasteiger partial charge in [0.1, 0.15) is 18.1 Å². The molecule has 0 radical (unpaired) electrons. The fourth-order valence-corrected chi connectivity index (χ4v) is 3.96. The number of ether oxygens (including phenoxy) is 2. The molecule has 6 nitrogen and oxygen atoms in total. The summed E-state index contributed by atoms with van der Waals surface area (Å²) in [6.45, 7) is 2.62. The van der Waals surface area contributed by atoms with Crippen LogP contribution in [0.5, 0.6) is 5.75 Å². The molecule has 1 N–H and O–H groups in total. The number of rotatable bonds is 8. The van der Waals surface area contributed by atoms with Gasteiger partial charge in [-0.1, -0.05) is 49.6 Å². The van der Waals surface area contributed by atoms with Crippen LogP contribution in [0.15, 0.2) is 59.0 Å². The fraction of sp³-hybridized carbons (Fsp3) is 0.385. The Labute approximate surface area is 189 Å². The van der Waals surface area contributed by atoms with Crippen LogP contribution < -0.4 is 10.1 Å². The maximum atomic E-state index is 12.1. The van der Waals surface area contributed by atoms with Gasteiger partial charge in [-0.15, -0.1) is 0 Å². The van der Waals surface area contributed by atoms with E-state index in [-0.39, 0.29) is 18.7 Å². The van der Waals surface area contributed by atoms with E-state index in [9.17, 15) is 4.79 Å². The normalized spacial score (nSPS) is 14.2. The molecule has 0 saturated heterocycles. The van der Waals surface area contributed by atoms with Crippen molar-refractivity contribution in [3.8, 4) is 17.2 Å². The standard InChI is InChI=1S/C26H30N2O4/c1-19-24(28-25(32-19)21-10-4-2-5-11-21)15-16-30-23-14-8-9-20(17-23)18-31-26(29)27-22-12-6-3-7-13-22/h2,4-5,8-11,14,17,22H,3,6-7,12-13,15-16,18H2,1H3,(H,27,29). The Kier molecular flexibility index (Phi) is 7.43. The molecule has 1 heterocycles. The Bertz CT molecular complexity index is 1010. The number of carbonyl (C=O) groups is 1. The molecule has 1 amide bonds. The van der Waals surface area contributed by atoms with Crippen LogP contribution in [0.2, 0.25) is 0 Å². The summed E-state index contributed by atoms with van der Waals surface area (Å²) in [5, 5.41) is 2.97. The lowest BCUT2D eigenvalue weighted by Gasteiger charge is -2.22. The van der Waals surface area contributed by atoms with Crippen LogP contribution in [0.25, 0.3) is 11.5 Å². The average Bonchev–Trinajstić information content (AvgIpc) is 3.20. The minimum absolute atomic E-state index is 0.221. The summed E-state index contributed by atoms with van der Waals surface area (Å²) < 4.78 is 17.1. The van der Waals surface area contributed by atoms with Crippen LogP contribution in [0, 0.1) is 6.92 Å². The first-order chi connectivity index (χ1) is 15.7. The number of benzene rings is 2. The van der Waals surface area contributed by atoms with Gasteiger partial charge in [-0.05, 0) is 49.6 Å². The molecular weight excluding hydrogens is 404 g/mol. The van der Waals surface area contributed by atoms with Crippen molar-refractivity contribution >= 4 is 6.09 Å². The maximum Gasteiger partial charge on any atom is 0.407 e. The molecule has 6 heteroatoms. The van der Waals surface area contributed by atoms with Crippen molar-refractivity contribution in [1.82, 2.24) is 10.3 Å². The van der Waals surface area contributed by atoms with E-state index in [0.29, 0.717) is 18.9 Å². The van der Waals surface area contributed by atoms with E-state index < -0.39 is 0 Å². The van der Waals surface area contributed by atoms with Crippen molar-refractivity contribution in [1.29, 1.82) is 0 Å². The molecule has 1 saturated carbocycles. The van der Waals surface area contributed by atoms with Crippen molar-refractivity contribution in [2.24, 2.45) is 0 Å². The lowest BCUT2D eigenvalue weighted by molar-refractivity contribution is 0.133. The minimum Gasteiger partial charge on any atom is -0.493 e. The van der Waals surface area contributed by atoms with Crippen molar-refractivity contribution in [2.45, 2.75) is 58.1 Å². The zero-order valence-corrected chi connectivity index (χ0v) is 18.5. The van der Waals surface area contributed by atoms with Gasteiger partial charge in [-0.2, -0.15) is 0 Å². The molecule has 168 valence electrons. The topological polar surface area (TPSA) is 73.6 Å². The predicted octanol–water partition coefficient (Wildman–Crippen LogP) is 5.83. The summed E-state index contributed by atoms with van der Waals surface area (Å²) in [5.74, 6) is 2.17. The molecule has 32 heavy (non-hydrogen) atoms. The second-order valence-electron chi connectivity index (χ2n) is 8.19. The van der Waals surface area contributed by atoms with Crippen LogP contribution >= 0.6 is 0 Å².